The Morgan fingerprint density at radius 3 is 3.00 bits per heavy atom. The number of furan rings is 1. The molecule has 0 radical (unpaired) electrons. The number of amides is 1. The van der Waals surface area contributed by atoms with Gasteiger partial charge in [0.1, 0.15) is 10.8 Å². The molecule has 0 aromatic carbocycles. The summed E-state index contributed by atoms with van der Waals surface area (Å²) in [5.41, 5.74) is 0.828. The standard InChI is InChI=1S/C17H18N2O2S2/c1-12(6-7-14-4-2-8-21-14)18-16(20)10-13-11-23-17(19-13)15-5-3-9-22-15/h2-5,8-9,11-12H,6-7,10H2,1H3,(H,18,20)/t12-/m1/s1. The molecule has 23 heavy (non-hydrogen) atoms. The van der Waals surface area contributed by atoms with Crippen molar-refractivity contribution in [2.24, 2.45) is 0 Å². The number of carbonyl (C=O) groups is 1. The number of thiazole rings is 1. The molecule has 4 nitrogen and oxygen atoms in total. The number of nitrogens with zero attached hydrogens (tertiary/aromatic N) is 1. The monoisotopic (exact) mass is 346 g/mol. The Labute approximate surface area is 143 Å². The lowest BCUT2D eigenvalue weighted by Crippen LogP contribution is -2.34. The highest BCUT2D eigenvalue weighted by Gasteiger charge is 2.12. The van der Waals surface area contributed by atoms with Crippen molar-refractivity contribution >= 4 is 28.6 Å². The van der Waals surface area contributed by atoms with E-state index in [0.29, 0.717) is 6.42 Å². The number of aromatic nitrogens is 1. The lowest BCUT2D eigenvalue weighted by atomic mass is 10.1. The molecular weight excluding hydrogens is 328 g/mol. The molecule has 3 aromatic rings. The first-order valence-electron chi connectivity index (χ1n) is 7.51. The summed E-state index contributed by atoms with van der Waals surface area (Å²) in [4.78, 5) is 17.8. The summed E-state index contributed by atoms with van der Waals surface area (Å²) in [5.74, 6) is 0.964. The normalized spacial score (nSPS) is 12.2. The van der Waals surface area contributed by atoms with Gasteiger partial charge < -0.3 is 9.73 Å². The van der Waals surface area contributed by atoms with Crippen LogP contribution in [-0.4, -0.2) is 16.9 Å². The molecule has 3 heterocycles. The molecule has 0 spiro atoms. The summed E-state index contributed by atoms with van der Waals surface area (Å²) < 4.78 is 5.30. The SMILES string of the molecule is C[C@H](CCc1ccco1)NC(=O)Cc1csc(-c2cccs2)n1. The Morgan fingerprint density at radius 1 is 1.35 bits per heavy atom. The first-order chi connectivity index (χ1) is 11.2. The van der Waals surface area contributed by atoms with Gasteiger partial charge in [-0.05, 0) is 36.9 Å². The molecule has 3 rings (SSSR count). The third kappa shape index (κ3) is 4.53. The summed E-state index contributed by atoms with van der Waals surface area (Å²) >= 11 is 3.25. The van der Waals surface area contributed by atoms with Crippen LogP contribution in [0.15, 0.2) is 45.7 Å². The minimum absolute atomic E-state index is 0.0139. The Hall–Kier alpha value is -1.92. The molecule has 120 valence electrons. The summed E-state index contributed by atoms with van der Waals surface area (Å²) in [7, 11) is 0. The van der Waals surface area contributed by atoms with Crippen molar-refractivity contribution in [3.8, 4) is 9.88 Å². The van der Waals surface area contributed by atoms with Gasteiger partial charge in [-0.15, -0.1) is 22.7 Å². The summed E-state index contributed by atoms with van der Waals surface area (Å²) in [6.07, 6.45) is 3.68. The maximum absolute atomic E-state index is 12.1. The van der Waals surface area contributed by atoms with Crippen LogP contribution < -0.4 is 5.32 Å². The van der Waals surface area contributed by atoms with E-state index in [9.17, 15) is 4.79 Å². The van der Waals surface area contributed by atoms with Gasteiger partial charge in [0, 0.05) is 17.8 Å². The smallest absolute Gasteiger partial charge is 0.226 e. The third-order valence-corrected chi connectivity index (χ3v) is 5.37. The predicted molar refractivity (Wildman–Crippen MR) is 93.8 cm³/mol. The minimum Gasteiger partial charge on any atom is -0.469 e. The zero-order chi connectivity index (χ0) is 16.1. The lowest BCUT2D eigenvalue weighted by Gasteiger charge is -2.12. The molecule has 0 aliphatic heterocycles. The molecule has 1 N–H and O–H groups in total. The van der Waals surface area contributed by atoms with Gasteiger partial charge in [-0.2, -0.15) is 0 Å². The van der Waals surface area contributed by atoms with Gasteiger partial charge in [0.2, 0.25) is 5.91 Å². The number of hydrogen-bond acceptors (Lipinski definition) is 5. The highest BCUT2D eigenvalue weighted by atomic mass is 32.1. The van der Waals surface area contributed by atoms with Gasteiger partial charge in [-0.3, -0.25) is 4.79 Å². The third-order valence-electron chi connectivity index (χ3n) is 3.44. The minimum atomic E-state index is 0.0139. The molecule has 0 fully saturated rings. The molecule has 0 unspecified atom stereocenters. The number of thiophene rings is 1. The summed E-state index contributed by atoms with van der Waals surface area (Å²) in [6, 6.07) is 8.00. The van der Waals surface area contributed by atoms with Gasteiger partial charge >= 0.3 is 0 Å². The lowest BCUT2D eigenvalue weighted by molar-refractivity contribution is -0.121. The van der Waals surface area contributed by atoms with E-state index in [0.717, 1.165) is 34.2 Å². The van der Waals surface area contributed by atoms with E-state index < -0.39 is 0 Å². The summed E-state index contributed by atoms with van der Waals surface area (Å²) in [5, 5.41) is 7.99. The number of carbonyl (C=O) groups excluding carboxylic acids is 1. The first-order valence-corrected chi connectivity index (χ1v) is 9.26. The van der Waals surface area contributed by atoms with E-state index in [-0.39, 0.29) is 11.9 Å². The number of hydrogen-bond donors (Lipinski definition) is 1. The van der Waals surface area contributed by atoms with Crippen molar-refractivity contribution < 1.29 is 9.21 Å². The molecule has 0 saturated heterocycles. The zero-order valence-corrected chi connectivity index (χ0v) is 14.5. The molecule has 0 bridgehead atoms. The van der Waals surface area contributed by atoms with E-state index in [2.05, 4.69) is 10.3 Å². The molecule has 3 aromatic heterocycles. The fourth-order valence-corrected chi connectivity index (χ4v) is 3.91. The van der Waals surface area contributed by atoms with E-state index in [1.54, 1.807) is 28.9 Å². The molecule has 1 amide bonds. The van der Waals surface area contributed by atoms with Crippen molar-refractivity contribution in [2.75, 3.05) is 0 Å². The molecular formula is C17H18N2O2S2. The van der Waals surface area contributed by atoms with Crippen LogP contribution in [0.5, 0.6) is 0 Å². The second-order valence-electron chi connectivity index (χ2n) is 5.38. The Balaban J connectivity index is 1.47. The average Bonchev–Trinajstić information content (AvgIpc) is 3.26. The van der Waals surface area contributed by atoms with E-state index in [1.807, 2.05) is 41.9 Å². The fraction of sp³-hybridized carbons (Fsp3) is 0.294. The molecule has 0 aliphatic carbocycles. The zero-order valence-electron chi connectivity index (χ0n) is 12.8. The first kappa shape index (κ1) is 16.0. The van der Waals surface area contributed by atoms with Crippen LogP contribution in [0.4, 0.5) is 0 Å². The molecule has 0 saturated carbocycles. The summed E-state index contributed by atoms with van der Waals surface area (Å²) in [6.45, 7) is 2.01. The van der Waals surface area contributed by atoms with E-state index >= 15 is 0 Å². The van der Waals surface area contributed by atoms with Crippen LogP contribution in [0, 0.1) is 0 Å². The molecule has 0 aliphatic rings. The van der Waals surface area contributed by atoms with Crippen molar-refractivity contribution in [3.63, 3.8) is 0 Å². The van der Waals surface area contributed by atoms with Gasteiger partial charge in [-0.1, -0.05) is 6.07 Å². The number of nitrogens with one attached hydrogen (secondary N) is 1. The maximum Gasteiger partial charge on any atom is 0.226 e. The van der Waals surface area contributed by atoms with Crippen LogP contribution in [-0.2, 0) is 17.6 Å². The second-order valence-corrected chi connectivity index (χ2v) is 7.19. The van der Waals surface area contributed by atoms with Crippen LogP contribution in [0.2, 0.25) is 0 Å². The predicted octanol–water partition coefficient (Wildman–Crippen LogP) is 4.14. The Kier molecular flexibility index (Phi) is 5.25. The largest absolute Gasteiger partial charge is 0.469 e. The van der Waals surface area contributed by atoms with E-state index in [4.69, 9.17) is 4.42 Å². The van der Waals surface area contributed by atoms with Gasteiger partial charge in [0.25, 0.3) is 0 Å². The van der Waals surface area contributed by atoms with Crippen molar-refractivity contribution in [1.82, 2.24) is 10.3 Å². The fourth-order valence-electron chi connectivity index (χ4n) is 2.28. The molecule has 1 atom stereocenters. The number of rotatable bonds is 7. The highest BCUT2D eigenvalue weighted by Crippen LogP contribution is 2.27. The Bertz CT molecular complexity index is 733. The topological polar surface area (TPSA) is 55.1 Å². The van der Waals surface area contributed by atoms with Gasteiger partial charge in [0.05, 0.1) is 23.3 Å². The van der Waals surface area contributed by atoms with Crippen molar-refractivity contribution in [1.29, 1.82) is 0 Å². The quantitative estimate of drug-likeness (QED) is 0.699. The van der Waals surface area contributed by atoms with Crippen LogP contribution in [0.25, 0.3) is 9.88 Å². The highest BCUT2D eigenvalue weighted by molar-refractivity contribution is 7.20. The van der Waals surface area contributed by atoms with E-state index in [1.165, 1.54) is 0 Å². The van der Waals surface area contributed by atoms with Gasteiger partial charge in [-0.25, -0.2) is 4.98 Å². The van der Waals surface area contributed by atoms with Crippen LogP contribution in [0.1, 0.15) is 24.8 Å². The Morgan fingerprint density at radius 2 is 2.26 bits per heavy atom. The van der Waals surface area contributed by atoms with Crippen molar-refractivity contribution in [2.45, 2.75) is 32.2 Å². The maximum atomic E-state index is 12.1. The van der Waals surface area contributed by atoms with Crippen molar-refractivity contribution in [3.05, 3.63) is 52.7 Å². The second kappa shape index (κ2) is 7.57. The average molecular weight is 346 g/mol. The van der Waals surface area contributed by atoms with Gasteiger partial charge in [0.15, 0.2) is 0 Å². The van der Waals surface area contributed by atoms with Crippen LogP contribution >= 0.6 is 22.7 Å². The molecule has 6 heteroatoms. The van der Waals surface area contributed by atoms with Crippen LogP contribution in [0.3, 0.4) is 0 Å². The number of aryl methyl sites for hydroxylation is 1.